The predicted molar refractivity (Wildman–Crippen MR) is 58.9 cm³/mol. The Hall–Kier alpha value is -2.36. The lowest BCUT2D eigenvalue weighted by Gasteiger charge is -1.91. The van der Waals surface area contributed by atoms with Crippen LogP contribution in [0.25, 0.3) is 22.6 Å². The fourth-order valence-electron chi connectivity index (χ4n) is 1.53. The number of fused-ring (bicyclic) bond motifs is 1. The van der Waals surface area contributed by atoms with Gasteiger partial charge < -0.3 is 9.52 Å². The molecule has 0 saturated carbocycles. The number of phenols is 1. The molecule has 4 heteroatoms. The molecule has 0 aliphatic rings. The molecule has 0 saturated heterocycles. The van der Waals surface area contributed by atoms with Crippen LogP contribution in [-0.4, -0.2) is 15.1 Å². The Morgan fingerprint density at radius 1 is 1.06 bits per heavy atom. The summed E-state index contributed by atoms with van der Waals surface area (Å²) in [7, 11) is 0. The van der Waals surface area contributed by atoms with Gasteiger partial charge in [0, 0.05) is 24.0 Å². The highest BCUT2D eigenvalue weighted by Crippen LogP contribution is 2.25. The van der Waals surface area contributed by atoms with E-state index in [2.05, 4.69) is 9.97 Å². The van der Waals surface area contributed by atoms with Crippen LogP contribution in [0.3, 0.4) is 0 Å². The minimum atomic E-state index is 0.171. The second kappa shape index (κ2) is 3.34. The third kappa shape index (κ3) is 1.40. The van der Waals surface area contributed by atoms with E-state index in [4.69, 9.17) is 4.42 Å². The second-order valence-electron chi connectivity index (χ2n) is 3.41. The molecule has 2 heterocycles. The quantitative estimate of drug-likeness (QED) is 0.673. The number of rotatable bonds is 1. The summed E-state index contributed by atoms with van der Waals surface area (Å²) in [4.78, 5) is 8.25. The molecule has 1 aromatic carbocycles. The highest BCUT2D eigenvalue weighted by atomic mass is 16.3. The van der Waals surface area contributed by atoms with Gasteiger partial charge in [-0.3, -0.25) is 4.98 Å². The van der Waals surface area contributed by atoms with E-state index >= 15 is 0 Å². The smallest absolute Gasteiger partial charge is 0.227 e. The molecule has 4 nitrogen and oxygen atoms in total. The van der Waals surface area contributed by atoms with Gasteiger partial charge in [-0.05, 0) is 24.3 Å². The number of aromatic nitrogens is 2. The van der Waals surface area contributed by atoms with Gasteiger partial charge >= 0.3 is 0 Å². The number of hydrogen-bond acceptors (Lipinski definition) is 4. The SMILES string of the molecule is Oc1ccc2nc(-c3ccncc3)oc2c1. The molecule has 0 aliphatic carbocycles. The summed E-state index contributed by atoms with van der Waals surface area (Å²) in [5.41, 5.74) is 2.17. The lowest BCUT2D eigenvalue weighted by atomic mass is 10.3. The normalized spacial score (nSPS) is 10.8. The number of benzene rings is 1. The first-order valence-corrected chi connectivity index (χ1v) is 4.83. The molecule has 0 aliphatic heterocycles. The molecule has 0 spiro atoms. The van der Waals surface area contributed by atoms with Gasteiger partial charge in [0.15, 0.2) is 5.58 Å². The largest absolute Gasteiger partial charge is 0.508 e. The third-order valence-corrected chi connectivity index (χ3v) is 2.30. The van der Waals surface area contributed by atoms with Crippen molar-refractivity contribution in [3.8, 4) is 17.2 Å². The second-order valence-corrected chi connectivity index (χ2v) is 3.41. The van der Waals surface area contributed by atoms with E-state index in [1.165, 1.54) is 0 Å². The van der Waals surface area contributed by atoms with Crippen molar-refractivity contribution in [1.29, 1.82) is 0 Å². The zero-order valence-electron chi connectivity index (χ0n) is 8.29. The summed E-state index contributed by atoms with van der Waals surface area (Å²) < 4.78 is 5.54. The van der Waals surface area contributed by atoms with Crippen molar-refractivity contribution in [1.82, 2.24) is 9.97 Å². The van der Waals surface area contributed by atoms with Gasteiger partial charge in [0.05, 0.1) is 0 Å². The number of aromatic hydroxyl groups is 1. The van der Waals surface area contributed by atoms with Crippen LogP contribution in [0.5, 0.6) is 5.75 Å². The monoisotopic (exact) mass is 212 g/mol. The van der Waals surface area contributed by atoms with Crippen molar-refractivity contribution in [2.75, 3.05) is 0 Å². The summed E-state index contributed by atoms with van der Waals surface area (Å²) in [6.45, 7) is 0. The van der Waals surface area contributed by atoms with Crippen LogP contribution in [-0.2, 0) is 0 Å². The maximum absolute atomic E-state index is 9.31. The molecule has 0 radical (unpaired) electrons. The minimum Gasteiger partial charge on any atom is -0.508 e. The van der Waals surface area contributed by atoms with Crippen LogP contribution >= 0.6 is 0 Å². The Morgan fingerprint density at radius 2 is 1.88 bits per heavy atom. The van der Waals surface area contributed by atoms with Crippen molar-refractivity contribution in [3.63, 3.8) is 0 Å². The number of hydrogen-bond donors (Lipinski definition) is 1. The van der Waals surface area contributed by atoms with Crippen LogP contribution in [0.1, 0.15) is 0 Å². The van der Waals surface area contributed by atoms with Gasteiger partial charge in [-0.25, -0.2) is 4.98 Å². The van der Waals surface area contributed by atoms with Gasteiger partial charge in [0.1, 0.15) is 11.3 Å². The van der Waals surface area contributed by atoms with E-state index in [9.17, 15) is 5.11 Å². The molecule has 1 N–H and O–H groups in total. The molecule has 0 unspecified atom stereocenters. The van der Waals surface area contributed by atoms with Crippen LogP contribution in [0, 0.1) is 0 Å². The van der Waals surface area contributed by atoms with Gasteiger partial charge in [0.25, 0.3) is 0 Å². The van der Waals surface area contributed by atoms with Crippen LogP contribution in [0.2, 0.25) is 0 Å². The van der Waals surface area contributed by atoms with Gasteiger partial charge in [0.2, 0.25) is 5.89 Å². The molecule has 3 rings (SSSR count). The maximum atomic E-state index is 9.31. The molecule has 0 fully saturated rings. The lowest BCUT2D eigenvalue weighted by molar-refractivity contribution is 0.474. The van der Waals surface area contributed by atoms with E-state index in [1.54, 1.807) is 30.6 Å². The van der Waals surface area contributed by atoms with E-state index in [-0.39, 0.29) is 5.75 Å². The fraction of sp³-hybridized carbons (Fsp3) is 0. The summed E-state index contributed by atoms with van der Waals surface area (Å²) in [5.74, 6) is 0.702. The zero-order valence-corrected chi connectivity index (χ0v) is 8.29. The highest BCUT2D eigenvalue weighted by Gasteiger charge is 2.07. The van der Waals surface area contributed by atoms with E-state index in [0.717, 1.165) is 11.1 Å². The number of nitrogens with zero attached hydrogens (tertiary/aromatic N) is 2. The number of phenolic OH excluding ortho intramolecular Hbond substituents is 1. The summed E-state index contributed by atoms with van der Waals surface area (Å²) in [5, 5.41) is 9.31. The predicted octanol–water partition coefficient (Wildman–Crippen LogP) is 2.60. The Bertz CT molecular complexity index is 632. The molecule has 0 amide bonds. The molecule has 78 valence electrons. The average molecular weight is 212 g/mol. The van der Waals surface area contributed by atoms with Crippen LogP contribution in [0.4, 0.5) is 0 Å². The third-order valence-electron chi connectivity index (χ3n) is 2.30. The molecule has 16 heavy (non-hydrogen) atoms. The maximum Gasteiger partial charge on any atom is 0.227 e. The van der Waals surface area contributed by atoms with Crippen LogP contribution < -0.4 is 0 Å². The summed E-state index contributed by atoms with van der Waals surface area (Å²) >= 11 is 0. The minimum absolute atomic E-state index is 0.171. The highest BCUT2D eigenvalue weighted by molar-refractivity contribution is 5.77. The first-order chi connectivity index (χ1) is 7.83. The Balaban J connectivity index is 2.19. The van der Waals surface area contributed by atoms with Crippen molar-refractivity contribution in [2.45, 2.75) is 0 Å². The van der Waals surface area contributed by atoms with E-state index in [1.807, 2.05) is 12.1 Å². The molecular formula is C12H8N2O2. The standard InChI is InChI=1S/C12H8N2O2/c15-9-1-2-10-11(7-9)16-12(14-10)8-3-5-13-6-4-8/h1-7,15H. The number of pyridine rings is 1. The average Bonchev–Trinajstić information content (AvgIpc) is 2.73. The molecular weight excluding hydrogens is 204 g/mol. The molecule has 0 bridgehead atoms. The van der Waals surface area contributed by atoms with Crippen molar-refractivity contribution in [2.24, 2.45) is 0 Å². The Labute approximate surface area is 91.2 Å². The first-order valence-electron chi connectivity index (χ1n) is 4.83. The summed E-state index contributed by atoms with van der Waals surface area (Å²) in [6.07, 6.45) is 3.36. The zero-order chi connectivity index (χ0) is 11.0. The van der Waals surface area contributed by atoms with Crippen molar-refractivity contribution < 1.29 is 9.52 Å². The first kappa shape index (κ1) is 8.91. The molecule has 3 aromatic rings. The Morgan fingerprint density at radius 3 is 2.69 bits per heavy atom. The molecule has 2 aromatic heterocycles. The van der Waals surface area contributed by atoms with E-state index < -0.39 is 0 Å². The molecule has 0 atom stereocenters. The lowest BCUT2D eigenvalue weighted by Crippen LogP contribution is -1.76. The van der Waals surface area contributed by atoms with Crippen LogP contribution in [0.15, 0.2) is 47.1 Å². The topological polar surface area (TPSA) is 59.2 Å². The van der Waals surface area contributed by atoms with Gasteiger partial charge in [-0.2, -0.15) is 0 Å². The summed E-state index contributed by atoms with van der Waals surface area (Å²) in [6, 6.07) is 8.50. The van der Waals surface area contributed by atoms with Gasteiger partial charge in [-0.15, -0.1) is 0 Å². The van der Waals surface area contributed by atoms with Crippen molar-refractivity contribution >= 4 is 11.1 Å². The van der Waals surface area contributed by atoms with Crippen molar-refractivity contribution in [3.05, 3.63) is 42.7 Å². The number of oxazole rings is 1. The Kier molecular flexibility index (Phi) is 1.86. The van der Waals surface area contributed by atoms with E-state index in [0.29, 0.717) is 11.5 Å². The van der Waals surface area contributed by atoms with Gasteiger partial charge in [-0.1, -0.05) is 0 Å². The fourth-order valence-corrected chi connectivity index (χ4v) is 1.53.